The number of carbonyl (C=O) groups excluding carboxylic acids is 1. The molecule has 0 aromatic heterocycles. The first-order valence-corrected chi connectivity index (χ1v) is 9.69. The fourth-order valence-corrected chi connectivity index (χ4v) is 4.45. The molecule has 0 heterocycles. The van der Waals surface area contributed by atoms with Crippen molar-refractivity contribution in [3.8, 4) is 0 Å². The normalized spacial score (nSPS) is 18.3. The molecule has 2 rings (SSSR count). The molecule has 1 N–H and O–H groups in total. The molecule has 116 valence electrons. The lowest BCUT2D eigenvalue weighted by atomic mass is 10.00. The second kappa shape index (κ2) is 5.46. The second-order valence-electron chi connectivity index (χ2n) is 5.15. The van der Waals surface area contributed by atoms with Crippen LogP contribution in [0.1, 0.15) is 41.3 Å². The van der Waals surface area contributed by atoms with Gasteiger partial charge in [0.25, 0.3) is 5.24 Å². The van der Waals surface area contributed by atoms with Crippen molar-refractivity contribution in [1.82, 2.24) is 0 Å². The quantitative estimate of drug-likeness (QED) is 0.650. The number of benzene rings is 1. The summed E-state index contributed by atoms with van der Waals surface area (Å²) < 4.78 is 44.1. The summed E-state index contributed by atoms with van der Waals surface area (Å²) >= 11 is 3.34. The van der Waals surface area contributed by atoms with E-state index >= 15 is 0 Å². The monoisotopic (exact) mass is 350 g/mol. The van der Waals surface area contributed by atoms with E-state index in [-0.39, 0.29) is 10.5 Å². The number of halogens is 1. The average Bonchev–Trinajstić information content (AvgIpc) is 3.17. The van der Waals surface area contributed by atoms with Crippen LogP contribution >= 0.6 is 11.6 Å². The topological polar surface area (TPSA) is 88.5 Å². The minimum absolute atomic E-state index is 0.0939. The van der Waals surface area contributed by atoms with Crippen LogP contribution in [-0.4, -0.2) is 28.7 Å². The van der Waals surface area contributed by atoms with Crippen molar-refractivity contribution in [2.75, 3.05) is 6.26 Å². The molecule has 5 nitrogen and oxygen atoms in total. The third kappa shape index (κ3) is 2.92. The fraction of sp³-hybridized carbons (Fsp3) is 0.462. The standard InChI is InChI=1S/C13H15ClO5S2/c1-3-8-6-10(13(4-5-13)20(16)17)11(21(2,18)19)7-9(8)12(14)15/h6-7H,3-5H2,1-2H3,(H,16,17). The van der Waals surface area contributed by atoms with Crippen LogP contribution in [0.4, 0.5) is 0 Å². The van der Waals surface area contributed by atoms with Crippen molar-refractivity contribution in [2.24, 2.45) is 0 Å². The number of carbonyl (C=O) groups is 1. The Bertz CT molecular complexity index is 735. The summed E-state index contributed by atoms with van der Waals surface area (Å²) in [7, 11) is -3.65. The van der Waals surface area contributed by atoms with E-state index in [1.54, 1.807) is 6.92 Å². The molecule has 1 aliphatic rings. The predicted octanol–water partition coefficient (Wildman–Crippen LogP) is 2.24. The average molecular weight is 351 g/mol. The van der Waals surface area contributed by atoms with Crippen LogP contribution in [-0.2, 0) is 32.1 Å². The van der Waals surface area contributed by atoms with Gasteiger partial charge in [0, 0.05) is 11.8 Å². The van der Waals surface area contributed by atoms with E-state index in [4.69, 9.17) is 11.6 Å². The van der Waals surface area contributed by atoms with E-state index in [1.165, 1.54) is 12.1 Å². The van der Waals surface area contributed by atoms with Crippen molar-refractivity contribution in [3.05, 3.63) is 28.8 Å². The molecule has 0 spiro atoms. The summed E-state index contributed by atoms with van der Waals surface area (Å²) in [6.07, 6.45) is 2.36. The third-order valence-corrected chi connectivity index (χ3v) is 6.36. The Balaban J connectivity index is 2.81. The molecular weight excluding hydrogens is 336 g/mol. The molecule has 1 fully saturated rings. The van der Waals surface area contributed by atoms with Crippen molar-refractivity contribution < 1.29 is 22.0 Å². The lowest BCUT2D eigenvalue weighted by molar-refractivity contribution is 0.108. The molecular formula is C13H15ClO5S2. The number of sulfone groups is 1. The smallest absolute Gasteiger partial charge is 0.252 e. The Morgan fingerprint density at radius 2 is 2.00 bits per heavy atom. The van der Waals surface area contributed by atoms with Crippen molar-refractivity contribution >= 4 is 37.8 Å². The highest BCUT2D eigenvalue weighted by atomic mass is 35.5. The first-order valence-electron chi connectivity index (χ1n) is 6.31. The highest BCUT2D eigenvalue weighted by molar-refractivity contribution is 7.90. The van der Waals surface area contributed by atoms with Crippen LogP contribution in [0.2, 0.25) is 0 Å². The summed E-state index contributed by atoms with van der Waals surface area (Å²) in [4.78, 5) is 11.4. The lowest BCUT2D eigenvalue weighted by Crippen LogP contribution is -2.19. The van der Waals surface area contributed by atoms with E-state index in [9.17, 15) is 22.0 Å². The molecule has 8 heteroatoms. The van der Waals surface area contributed by atoms with Gasteiger partial charge in [-0.2, -0.15) is 0 Å². The molecule has 1 aromatic rings. The first-order chi connectivity index (χ1) is 9.63. The van der Waals surface area contributed by atoms with Gasteiger partial charge in [-0.05, 0) is 48.1 Å². The van der Waals surface area contributed by atoms with Crippen molar-refractivity contribution in [3.63, 3.8) is 0 Å². The van der Waals surface area contributed by atoms with Crippen LogP contribution in [0.3, 0.4) is 0 Å². The van der Waals surface area contributed by atoms with Crippen LogP contribution in [0.5, 0.6) is 0 Å². The molecule has 1 aliphatic carbocycles. The molecule has 0 saturated heterocycles. The van der Waals surface area contributed by atoms with Gasteiger partial charge in [0.15, 0.2) is 20.9 Å². The minimum Gasteiger partial charge on any atom is -0.305 e. The largest absolute Gasteiger partial charge is 0.305 e. The summed E-state index contributed by atoms with van der Waals surface area (Å²) in [5.74, 6) is 0. The molecule has 1 atom stereocenters. The summed E-state index contributed by atoms with van der Waals surface area (Å²) in [6.45, 7) is 1.80. The Kier molecular flexibility index (Phi) is 4.32. The molecule has 1 aromatic carbocycles. The van der Waals surface area contributed by atoms with Gasteiger partial charge >= 0.3 is 0 Å². The van der Waals surface area contributed by atoms with Gasteiger partial charge in [-0.25, -0.2) is 12.6 Å². The summed E-state index contributed by atoms with van der Waals surface area (Å²) in [6, 6.07) is 2.76. The summed E-state index contributed by atoms with van der Waals surface area (Å²) in [5.41, 5.74) is 1.02. The van der Waals surface area contributed by atoms with Crippen LogP contribution in [0.15, 0.2) is 17.0 Å². The van der Waals surface area contributed by atoms with E-state index in [0.29, 0.717) is 30.4 Å². The predicted molar refractivity (Wildman–Crippen MR) is 80.8 cm³/mol. The highest BCUT2D eigenvalue weighted by Crippen LogP contribution is 2.52. The number of aryl methyl sites for hydroxylation is 1. The number of hydrogen-bond acceptors (Lipinski definition) is 4. The van der Waals surface area contributed by atoms with Crippen LogP contribution < -0.4 is 0 Å². The summed E-state index contributed by atoms with van der Waals surface area (Å²) in [5, 5.41) is -0.738. The maximum absolute atomic E-state index is 12.0. The number of hydrogen-bond donors (Lipinski definition) is 1. The van der Waals surface area contributed by atoms with Gasteiger partial charge in [-0.1, -0.05) is 13.0 Å². The molecule has 0 bridgehead atoms. The van der Waals surface area contributed by atoms with Gasteiger partial charge in [-0.3, -0.25) is 4.79 Å². The Hall–Kier alpha value is -0.760. The van der Waals surface area contributed by atoms with Gasteiger partial charge in [-0.15, -0.1) is 0 Å². The fourth-order valence-electron chi connectivity index (χ4n) is 2.41. The Morgan fingerprint density at radius 1 is 1.43 bits per heavy atom. The van der Waals surface area contributed by atoms with Crippen molar-refractivity contribution in [1.29, 1.82) is 0 Å². The Labute approximate surface area is 130 Å². The Morgan fingerprint density at radius 3 is 2.33 bits per heavy atom. The zero-order valence-corrected chi connectivity index (χ0v) is 13.9. The lowest BCUT2D eigenvalue weighted by Gasteiger charge is -2.18. The maximum atomic E-state index is 12.0. The van der Waals surface area contributed by atoms with Gasteiger partial charge in [0.2, 0.25) is 0 Å². The SMILES string of the molecule is CCc1cc(C2(S(=O)O)CC2)c(S(C)(=O)=O)cc1C(=O)Cl. The number of rotatable bonds is 5. The van der Waals surface area contributed by atoms with Crippen molar-refractivity contribution in [2.45, 2.75) is 35.8 Å². The second-order valence-corrected chi connectivity index (χ2v) is 8.76. The van der Waals surface area contributed by atoms with Crippen LogP contribution in [0, 0.1) is 0 Å². The van der Waals surface area contributed by atoms with Gasteiger partial charge in [0.05, 0.1) is 9.64 Å². The molecule has 1 unspecified atom stereocenters. The van der Waals surface area contributed by atoms with Gasteiger partial charge in [0.1, 0.15) is 0 Å². The first kappa shape index (κ1) is 16.6. The molecule has 21 heavy (non-hydrogen) atoms. The highest BCUT2D eigenvalue weighted by Gasteiger charge is 2.52. The van der Waals surface area contributed by atoms with E-state index in [1.807, 2.05) is 0 Å². The van der Waals surface area contributed by atoms with E-state index in [2.05, 4.69) is 0 Å². The van der Waals surface area contributed by atoms with Gasteiger partial charge < -0.3 is 4.55 Å². The molecule has 0 radical (unpaired) electrons. The third-order valence-electron chi connectivity index (χ3n) is 3.73. The minimum atomic E-state index is -3.65. The molecule has 1 saturated carbocycles. The zero-order chi connectivity index (χ0) is 16.0. The maximum Gasteiger partial charge on any atom is 0.252 e. The van der Waals surface area contributed by atoms with E-state index < -0.39 is 30.9 Å². The molecule has 0 amide bonds. The zero-order valence-electron chi connectivity index (χ0n) is 11.6. The van der Waals surface area contributed by atoms with E-state index in [0.717, 1.165) is 6.26 Å². The van der Waals surface area contributed by atoms with Crippen LogP contribution in [0.25, 0.3) is 0 Å². The molecule has 0 aliphatic heterocycles.